The van der Waals surface area contributed by atoms with Crippen molar-refractivity contribution in [3.63, 3.8) is 0 Å². The summed E-state index contributed by atoms with van der Waals surface area (Å²) in [6.45, 7) is 1.72. The molecule has 2 unspecified atom stereocenters. The van der Waals surface area contributed by atoms with E-state index in [4.69, 9.17) is 5.10 Å². The Balaban J connectivity index is 1.71. The van der Waals surface area contributed by atoms with Crippen molar-refractivity contribution in [2.24, 2.45) is 11.0 Å². The Morgan fingerprint density at radius 3 is 2.41 bits per heavy atom. The van der Waals surface area contributed by atoms with Gasteiger partial charge in [-0.3, -0.25) is 9.80 Å². The number of hydrazone groups is 1. The van der Waals surface area contributed by atoms with E-state index >= 15 is 0 Å². The van der Waals surface area contributed by atoms with E-state index in [-0.39, 0.29) is 17.9 Å². The van der Waals surface area contributed by atoms with Gasteiger partial charge in [0.2, 0.25) is 5.91 Å². The van der Waals surface area contributed by atoms with Crippen LogP contribution in [0.2, 0.25) is 0 Å². The van der Waals surface area contributed by atoms with Crippen LogP contribution in [0.1, 0.15) is 17.2 Å². The predicted molar refractivity (Wildman–Crippen MR) is 117 cm³/mol. The fourth-order valence-corrected chi connectivity index (χ4v) is 4.32. The monoisotopic (exact) mass is 388 g/mol. The normalized spacial score (nSPS) is 22.8. The zero-order valence-electron chi connectivity index (χ0n) is 17.3. The van der Waals surface area contributed by atoms with Crippen LogP contribution in [-0.2, 0) is 4.79 Å². The van der Waals surface area contributed by atoms with Gasteiger partial charge >= 0.3 is 0 Å². The summed E-state index contributed by atoms with van der Waals surface area (Å²) in [6, 6.07) is 20.9. The number of hydrogen-bond donors (Lipinski definition) is 0. The van der Waals surface area contributed by atoms with Crippen LogP contribution < -0.4 is 0 Å². The van der Waals surface area contributed by atoms with Crippen molar-refractivity contribution in [1.29, 1.82) is 0 Å². The lowest BCUT2D eigenvalue weighted by Crippen LogP contribution is -2.48. The molecular weight excluding hydrogens is 360 g/mol. The fourth-order valence-electron chi connectivity index (χ4n) is 4.32. The highest BCUT2D eigenvalue weighted by Gasteiger charge is 2.43. The molecule has 2 aromatic rings. The van der Waals surface area contributed by atoms with Crippen LogP contribution in [0.3, 0.4) is 0 Å². The van der Waals surface area contributed by atoms with E-state index < -0.39 is 0 Å². The maximum atomic E-state index is 12.9. The molecule has 150 valence electrons. The molecule has 1 saturated heterocycles. The summed E-state index contributed by atoms with van der Waals surface area (Å²) in [5.41, 5.74) is 4.61. The number of amides is 1. The maximum Gasteiger partial charge on any atom is 0.237 e. The van der Waals surface area contributed by atoms with E-state index in [1.54, 1.807) is 0 Å². The van der Waals surface area contributed by atoms with Gasteiger partial charge in [-0.25, -0.2) is 0 Å². The summed E-state index contributed by atoms with van der Waals surface area (Å²) in [5, 5.41) is 7.00. The van der Waals surface area contributed by atoms with Crippen LogP contribution in [0.25, 0.3) is 6.08 Å². The van der Waals surface area contributed by atoms with Crippen LogP contribution in [-0.4, -0.2) is 67.2 Å². The topological polar surface area (TPSA) is 39.2 Å². The molecule has 0 spiro atoms. The van der Waals surface area contributed by atoms with Gasteiger partial charge in [0.15, 0.2) is 0 Å². The Morgan fingerprint density at radius 1 is 1.10 bits per heavy atom. The van der Waals surface area contributed by atoms with Crippen LogP contribution in [0.5, 0.6) is 0 Å². The van der Waals surface area contributed by atoms with Gasteiger partial charge in [0, 0.05) is 26.1 Å². The van der Waals surface area contributed by atoms with Crippen molar-refractivity contribution in [3.05, 3.63) is 77.4 Å². The van der Waals surface area contributed by atoms with Gasteiger partial charge in [0.05, 0.1) is 18.3 Å². The van der Waals surface area contributed by atoms with Gasteiger partial charge in [-0.15, -0.1) is 0 Å². The van der Waals surface area contributed by atoms with E-state index in [9.17, 15) is 4.79 Å². The van der Waals surface area contributed by atoms with Crippen LogP contribution in [0.15, 0.2) is 71.3 Å². The SMILES string of the molecule is CN(C)CC(=O)N1CC(=Cc2ccccc2)C2=NN(C)C(c3ccccc3)C2C1. The van der Waals surface area contributed by atoms with Crippen LogP contribution >= 0.6 is 0 Å². The molecule has 0 bridgehead atoms. The van der Waals surface area contributed by atoms with Gasteiger partial charge in [-0.05, 0) is 36.9 Å². The lowest BCUT2D eigenvalue weighted by Gasteiger charge is -2.36. The molecule has 0 aromatic heterocycles. The van der Waals surface area contributed by atoms with Crippen molar-refractivity contribution < 1.29 is 4.79 Å². The molecule has 5 heteroatoms. The highest BCUT2D eigenvalue weighted by atomic mass is 16.2. The molecule has 1 fully saturated rings. The van der Waals surface area contributed by atoms with Gasteiger partial charge in [0.25, 0.3) is 0 Å². The Kier molecular flexibility index (Phi) is 5.49. The number of likely N-dealkylation sites (N-methyl/N-ethyl adjacent to an activating group) is 1. The number of likely N-dealkylation sites (tertiary alicyclic amines) is 1. The van der Waals surface area contributed by atoms with E-state index in [1.807, 2.05) is 55.2 Å². The molecule has 2 aliphatic heterocycles. The van der Waals surface area contributed by atoms with Crippen LogP contribution in [0, 0.1) is 5.92 Å². The average molecular weight is 389 g/mol. The standard InChI is InChI=1S/C24H28N4O/c1-26(2)17-22(29)28-15-20(14-18-10-6-4-7-11-18)23-21(16-28)24(27(3)25-23)19-12-8-5-9-13-19/h4-14,21,24H,15-17H2,1-3H3. The zero-order chi connectivity index (χ0) is 20.4. The fraction of sp³-hybridized carbons (Fsp3) is 0.333. The third kappa shape index (κ3) is 4.10. The van der Waals surface area contributed by atoms with Crippen molar-refractivity contribution in [3.8, 4) is 0 Å². The number of carbonyl (C=O) groups excluding carboxylic acids is 1. The summed E-state index contributed by atoms with van der Waals surface area (Å²) in [6.07, 6.45) is 2.18. The minimum Gasteiger partial charge on any atom is -0.336 e. The van der Waals surface area contributed by atoms with Crippen molar-refractivity contribution in [1.82, 2.24) is 14.8 Å². The number of hydrogen-bond acceptors (Lipinski definition) is 4. The molecule has 2 heterocycles. The number of rotatable bonds is 4. The largest absolute Gasteiger partial charge is 0.336 e. The molecule has 0 N–H and O–H groups in total. The molecular formula is C24H28N4O. The van der Waals surface area contributed by atoms with Crippen LogP contribution in [0.4, 0.5) is 0 Å². The molecule has 1 amide bonds. The zero-order valence-corrected chi connectivity index (χ0v) is 17.3. The minimum absolute atomic E-state index is 0.139. The third-order valence-corrected chi connectivity index (χ3v) is 5.59. The second kappa shape index (κ2) is 8.21. The quantitative estimate of drug-likeness (QED) is 0.808. The Labute approximate surface area is 172 Å². The van der Waals surface area contributed by atoms with Gasteiger partial charge in [-0.1, -0.05) is 60.7 Å². The summed E-state index contributed by atoms with van der Waals surface area (Å²) in [5.74, 6) is 0.326. The Hall–Kier alpha value is -2.92. The van der Waals surface area contributed by atoms with E-state index in [0.717, 1.165) is 16.8 Å². The molecule has 0 saturated carbocycles. The molecule has 0 radical (unpaired) electrons. The number of nitrogens with zero attached hydrogens (tertiary/aromatic N) is 4. The summed E-state index contributed by atoms with van der Waals surface area (Å²) in [7, 11) is 5.91. The first-order chi connectivity index (χ1) is 14.0. The Bertz CT molecular complexity index is 920. The Morgan fingerprint density at radius 2 is 1.76 bits per heavy atom. The first kappa shape index (κ1) is 19.4. The number of carbonyl (C=O) groups is 1. The first-order valence-corrected chi connectivity index (χ1v) is 10.1. The number of benzene rings is 2. The smallest absolute Gasteiger partial charge is 0.237 e. The lowest BCUT2D eigenvalue weighted by molar-refractivity contribution is -0.132. The average Bonchev–Trinajstić information content (AvgIpc) is 3.05. The van der Waals surface area contributed by atoms with Gasteiger partial charge in [0.1, 0.15) is 0 Å². The highest BCUT2D eigenvalue weighted by molar-refractivity contribution is 6.08. The van der Waals surface area contributed by atoms with E-state index in [0.29, 0.717) is 19.6 Å². The molecule has 0 aliphatic carbocycles. The summed E-state index contributed by atoms with van der Waals surface area (Å²) < 4.78 is 0. The lowest BCUT2D eigenvalue weighted by atomic mass is 9.83. The van der Waals surface area contributed by atoms with E-state index in [2.05, 4.69) is 47.5 Å². The molecule has 2 atom stereocenters. The molecule has 5 nitrogen and oxygen atoms in total. The predicted octanol–water partition coefficient (Wildman–Crippen LogP) is 3.13. The molecule has 2 aliphatic rings. The number of fused-ring (bicyclic) bond motifs is 1. The van der Waals surface area contributed by atoms with Crippen molar-refractivity contribution in [2.75, 3.05) is 40.8 Å². The molecule has 4 rings (SSSR count). The molecule has 29 heavy (non-hydrogen) atoms. The number of piperidine rings is 1. The molecule has 2 aromatic carbocycles. The first-order valence-electron chi connectivity index (χ1n) is 10.1. The maximum absolute atomic E-state index is 12.9. The highest BCUT2D eigenvalue weighted by Crippen LogP contribution is 2.39. The second-order valence-electron chi connectivity index (χ2n) is 8.11. The minimum atomic E-state index is 0.139. The van der Waals surface area contributed by atoms with Crippen molar-refractivity contribution >= 4 is 17.7 Å². The van der Waals surface area contributed by atoms with E-state index in [1.165, 1.54) is 5.56 Å². The van der Waals surface area contributed by atoms with Gasteiger partial charge in [-0.2, -0.15) is 5.10 Å². The van der Waals surface area contributed by atoms with Crippen molar-refractivity contribution in [2.45, 2.75) is 6.04 Å². The summed E-state index contributed by atoms with van der Waals surface area (Å²) >= 11 is 0. The second-order valence-corrected chi connectivity index (χ2v) is 8.11. The van der Waals surface area contributed by atoms with Gasteiger partial charge < -0.3 is 9.80 Å². The third-order valence-electron chi connectivity index (χ3n) is 5.59. The summed E-state index contributed by atoms with van der Waals surface area (Å²) in [4.78, 5) is 16.8.